The van der Waals surface area contributed by atoms with Crippen LogP contribution in [0.1, 0.15) is 19.3 Å². The van der Waals surface area contributed by atoms with Gasteiger partial charge < -0.3 is 9.30 Å². The van der Waals surface area contributed by atoms with Gasteiger partial charge in [0.2, 0.25) is 0 Å². The molecule has 3 rings (SSSR count). The Morgan fingerprint density at radius 2 is 2.10 bits per heavy atom. The Kier molecular flexibility index (Phi) is 4.38. The van der Waals surface area contributed by atoms with Gasteiger partial charge in [-0.2, -0.15) is 0 Å². The van der Waals surface area contributed by atoms with Gasteiger partial charge in [-0.3, -0.25) is 0 Å². The average Bonchev–Trinajstić information content (AvgIpc) is 2.88. The Morgan fingerprint density at radius 3 is 2.85 bits per heavy atom. The van der Waals surface area contributed by atoms with E-state index in [0.717, 1.165) is 35.3 Å². The fourth-order valence-corrected chi connectivity index (χ4v) is 3.36. The summed E-state index contributed by atoms with van der Waals surface area (Å²) in [5.74, 6) is 1.87. The average molecular weight is 289 g/mol. The number of thioether (sulfide) groups is 1. The molecule has 0 spiro atoms. The van der Waals surface area contributed by atoms with Crippen molar-refractivity contribution >= 4 is 11.8 Å². The molecule has 0 bridgehead atoms. The lowest BCUT2D eigenvalue weighted by Gasteiger charge is -2.21. The van der Waals surface area contributed by atoms with Crippen LogP contribution in [0.4, 0.5) is 0 Å². The Balaban J connectivity index is 1.67. The molecule has 4 nitrogen and oxygen atoms in total. The van der Waals surface area contributed by atoms with Crippen molar-refractivity contribution in [3.05, 3.63) is 30.3 Å². The molecule has 1 saturated heterocycles. The van der Waals surface area contributed by atoms with Gasteiger partial charge >= 0.3 is 0 Å². The molecule has 0 amide bonds. The highest BCUT2D eigenvalue weighted by Gasteiger charge is 2.17. The fraction of sp³-hybridized carbons (Fsp3) is 0.467. The molecule has 0 aliphatic carbocycles. The van der Waals surface area contributed by atoms with Crippen molar-refractivity contribution in [1.29, 1.82) is 0 Å². The molecule has 1 unspecified atom stereocenters. The molecule has 1 fully saturated rings. The Bertz CT molecular complexity index is 550. The van der Waals surface area contributed by atoms with Gasteiger partial charge in [-0.1, -0.05) is 42.1 Å². The Labute approximate surface area is 123 Å². The van der Waals surface area contributed by atoms with E-state index >= 15 is 0 Å². The van der Waals surface area contributed by atoms with Crippen LogP contribution < -0.4 is 0 Å². The van der Waals surface area contributed by atoms with E-state index in [1.807, 2.05) is 25.2 Å². The summed E-state index contributed by atoms with van der Waals surface area (Å²) in [6.45, 7) is 0.902. The van der Waals surface area contributed by atoms with E-state index in [2.05, 4.69) is 26.9 Å². The van der Waals surface area contributed by atoms with E-state index in [4.69, 9.17) is 4.74 Å². The number of nitrogens with zero attached hydrogens (tertiary/aromatic N) is 3. The predicted molar refractivity (Wildman–Crippen MR) is 80.8 cm³/mol. The highest BCUT2D eigenvalue weighted by Crippen LogP contribution is 2.25. The van der Waals surface area contributed by atoms with Crippen LogP contribution in [0, 0.1) is 0 Å². The zero-order valence-corrected chi connectivity index (χ0v) is 12.5. The zero-order chi connectivity index (χ0) is 13.8. The fourth-order valence-electron chi connectivity index (χ4n) is 2.39. The molecule has 20 heavy (non-hydrogen) atoms. The number of benzene rings is 1. The molecule has 5 heteroatoms. The summed E-state index contributed by atoms with van der Waals surface area (Å²) >= 11 is 1.73. The summed E-state index contributed by atoms with van der Waals surface area (Å²) in [5, 5.41) is 9.55. The molecule has 1 aromatic heterocycles. The molecular weight excluding hydrogens is 270 g/mol. The Morgan fingerprint density at radius 1 is 1.25 bits per heavy atom. The zero-order valence-electron chi connectivity index (χ0n) is 11.7. The molecule has 106 valence electrons. The second kappa shape index (κ2) is 6.41. The van der Waals surface area contributed by atoms with Gasteiger partial charge in [-0.25, -0.2) is 0 Å². The van der Waals surface area contributed by atoms with E-state index in [-0.39, 0.29) is 0 Å². The Hall–Kier alpha value is -1.33. The third-order valence-electron chi connectivity index (χ3n) is 3.54. The highest BCUT2D eigenvalue weighted by molar-refractivity contribution is 7.99. The van der Waals surface area contributed by atoms with Crippen LogP contribution in [0.5, 0.6) is 0 Å². The van der Waals surface area contributed by atoms with E-state index in [1.54, 1.807) is 11.8 Å². The maximum absolute atomic E-state index is 5.75. The highest BCUT2D eigenvalue weighted by atomic mass is 32.2. The summed E-state index contributed by atoms with van der Waals surface area (Å²) in [7, 11) is 2.02. The smallest absolute Gasteiger partial charge is 0.191 e. The normalized spacial score (nSPS) is 19.1. The van der Waals surface area contributed by atoms with Crippen LogP contribution in [0.3, 0.4) is 0 Å². The quantitative estimate of drug-likeness (QED) is 0.811. The molecule has 1 atom stereocenters. The first-order chi connectivity index (χ1) is 9.84. The van der Waals surface area contributed by atoms with Crippen molar-refractivity contribution in [3.63, 3.8) is 0 Å². The van der Waals surface area contributed by atoms with Crippen LogP contribution in [0.15, 0.2) is 35.5 Å². The molecule has 1 aliphatic heterocycles. The summed E-state index contributed by atoms with van der Waals surface area (Å²) < 4.78 is 7.81. The van der Waals surface area contributed by atoms with Gasteiger partial charge in [0.15, 0.2) is 11.0 Å². The van der Waals surface area contributed by atoms with Crippen LogP contribution in [0.2, 0.25) is 0 Å². The predicted octanol–water partition coefficient (Wildman–Crippen LogP) is 3.14. The van der Waals surface area contributed by atoms with Crippen LogP contribution in [-0.2, 0) is 11.8 Å². The SMILES string of the molecule is Cn1c(SCC2CCCCO2)nnc1-c1ccccc1. The molecule has 1 aliphatic rings. The lowest BCUT2D eigenvalue weighted by atomic mass is 10.1. The van der Waals surface area contributed by atoms with Crippen molar-refractivity contribution in [3.8, 4) is 11.4 Å². The van der Waals surface area contributed by atoms with Gasteiger partial charge in [-0.15, -0.1) is 10.2 Å². The van der Waals surface area contributed by atoms with Gasteiger partial charge in [0.05, 0.1) is 6.10 Å². The number of ether oxygens (including phenoxy) is 1. The lowest BCUT2D eigenvalue weighted by molar-refractivity contribution is 0.0315. The second-order valence-electron chi connectivity index (χ2n) is 5.03. The van der Waals surface area contributed by atoms with Gasteiger partial charge in [0, 0.05) is 25.0 Å². The summed E-state index contributed by atoms with van der Waals surface area (Å²) in [5.41, 5.74) is 1.10. The van der Waals surface area contributed by atoms with Crippen molar-refractivity contribution in [2.75, 3.05) is 12.4 Å². The molecular formula is C15H19N3OS. The summed E-state index contributed by atoms with van der Waals surface area (Å²) in [6, 6.07) is 10.2. The van der Waals surface area contributed by atoms with E-state index in [1.165, 1.54) is 12.8 Å². The molecule has 0 radical (unpaired) electrons. The van der Waals surface area contributed by atoms with Crippen LogP contribution in [-0.4, -0.2) is 33.2 Å². The minimum atomic E-state index is 0.366. The lowest BCUT2D eigenvalue weighted by Crippen LogP contribution is -2.21. The van der Waals surface area contributed by atoms with Gasteiger partial charge in [-0.05, 0) is 19.3 Å². The maximum atomic E-state index is 5.75. The van der Waals surface area contributed by atoms with Crippen LogP contribution in [0.25, 0.3) is 11.4 Å². The summed E-state index contributed by atoms with van der Waals surface area (Å²) in [4.78, 5) is 0. The third kappa shape index (κ3) is 3.04. The molecule has 0 saturated carbocycles. The van der Waals surface area contributed by atoms with Crippen molar-refractivity contribution in [2.45, 2.75) is 30.5 Å². The number of aromatic nitrogens is 3. The van der Waals surface area contributed by atoms with Crippen LogP contribution >= 0.6 is 11.8 Å². The van der Waals surface area contributed by atoms with E-state index in [9.17, 15) is 0 Å². The van der Waals surface area contributed by atoms with Gasteiger partial charge in [0.25, 0.3) is 0 Å². The van der Waals surface area contributed by atoms with E-state index < -0.39 is 0 Å². The molecule has 0 N–H and O–H groups in total. The first kappa shape index (κ1) is 13.6. The topological polar surface area (TPSA) is 39.9 Å². The number of hydrogen-bond donors (Lipinski definition) is 0. The maximum Gasteiger partial charge on any atom is 0.191 e. The number of rotatable bonds is 4. The minimum Gasteiger partial charge on any atom is -0.377 e. The van der Waals surface area contributed by atoms with E-state index in [0.29, 0.717) is 6.10 Å². The van der Waals surface area contributed by atoms with Gasteiger partial charge in [0.1, 0.15) is 0 Å². The second-order valence-corrected chi connectivity index (χ2v) is 6.02. The first-order valence-electron chi connectivity index (χ1n) is 7.04. The monoisotopic (exact) mass is 289 g/mol. The largest absolute Gasteiger partial charge is 0.377 e. The van der Waals surface area contributed by atoms with Crippen molar-refractivity contribution in [2.24, 2.45) is 7.05 Å². The first-order valence-corrected chi connectivity index (χ1v) is 8.02. The molecule has 2 heterocycles. The molecule has 1 aromatic carbocycles. The van der Waals surface area contributed by atoms with Crippen molar-refractivity contribution in [1.82, 2.24) is 14.8 Å². The minimum absolute atomic E-state index is 0.366. The summed E-state index contributed by atoms with van der Waals surface area (Å²) in [6.07, 6.45) is 4.00. The third-order valence-corrected chi connectivity index (χ3v) is 4.69. The number of hydrogen-bond acceptors (Lipinski definition) is 4. The standard InChI is InChI=1S/C15H19N3OS/c1-18-14(12-7-3-2-4-8-12)16-17-15(18)20-11-13-9-5-6-10-19-13/h2-4,7-8,13H,5-6,9-11H2,1H3. The van der Waals surface area contributed by atoms with Crippen molar-refractivity contribution < 1.29 is 4.74 Å². The molecule has 2 aromatic rings.